The highest BCUT2D eigenvalue weighted by molar-refractivity contribution is 7.90. The summed E-state index contributed by atoms with van der Waals surface area (Å²) in [6, 6.07) is 11.9. The molecule has 0 saturated heterocycles. The predicted octanol–water partition coefficient (Wildman–Crippen LogP) is 2.37. The van der Waals surface area contributed by atoms with E-state index in [9.17, 15) is 17.6 Å². The Bertz CT molecular complexity index is 1060. The summed E-state index contributed by atoms with van der Waals surface area (Å²) in [6.45, 7) is 1.83. The Morgan fingerprint density at radius 3 is 2.35 bits per heavy atom. The third kappa shape index (κ3) is 3.42. The predicted molar refractivity (Wildman–Crippen MR) is 91.8 cm³/mol. The lowest BCUT2D eigenvalue weighted by Crippen LogP contribution is -2.17. The Morgan fingerprint density at radius 2 is 1.73 bits per heavy atom. The zero-order valence-corrected chi connectivity index (χ0v) is 14.4. The fourth-order valence-electron chi connectivity index (χ4n) is 2.15. The van der Waals surface area contributed by atoms with Crippen molar-refractivity contribution in [2.24, 2.45) is 0 Å². The Morgan fingerprint density at radius 1 is 1.12 bits per heavy atom. The van der Waals surface area contributed by atoms with Crippen molar-refractivity contribution in [1.29, 1.82) is 0 Å². The van der Waals surface area contributed by atoms with Crippen molar-refractivity contribution in [2.75, 3.05) is 5.73 Å². The third-order valence-corrected chi connectivity index (χ3v) is 5.12. The van der Waals surface area contributed by atoms with Crippen LogP contribution in [0.15, 0.2) is 59.5 Å². The van der Waals surface area contributed by atoms with Crippen LogP contribution in [-0.4, -0.2) is 23.6 Å². The number of rotatable bonds is 4. The van der Waals surface area contributed by atoms with Gasteiger partial charge in [-0.2, -0.15) is 8.42 Å². The first kappa shape index (κ1) is 17.6. The molecule has 0 saturated carbocycles. The van der Waals surface area contributed by atoms with Gasteiger partial charge < -0.3 is 10.5 Å². The van der Waals surface area contributed by atoms with E-state index in [4.69, 9.17) is 10.5 Å². The van der Waals surface area contributed by atoms with Gasteiger partial charge in [-0.3, -0.25) is 0 Å². The summed E-state index contributed by atoms with van der Waals surface area (Å²) < 4.78 is 43.7. The van der Waals surface area contributed by atoms with Gasteiger partial charge in [-0.05, 0) is 43.3 Å². The molecule has 7 nitrogen and oxygen atoms in total. The number of nitrogens with two attached hydrogens (primary N) is 1. The summed E-state index contributed by atoms with van der Waals surface area (Å²) in [7, 11) is -4.03. The molecular weight excluding hydrogens is 361 g/mol. The number of anilines is 1. The van der Waals surface area contributed by atoms with Gasteiger partial charge in [0.1, 0.15) is 11.6 Å². The number of esters is 1. The van der Waals surface area contributed by atoms with E-state index in [-0.39, 0.29) is 22.2 Å². The molecule has 0 unspecified atom stereocenters. The minimum absolute atomic E-state index is 0.00527. The molecule has 134 valence electrons. The lowest BCUT2D eigenvalue weighted by molar-refractivity contribution is 0.0727. The standard InChI is InChI=1S/C17H14FN3O4S/c1-11-2-8-14(9-3-11)26(23,24)21-15(19)10-16(20-21)25-17(22)12-4-6-13(18)7-5-12/h2-10H,19H2,1H3. The van der Waals surface area contributed by atoms with Crippen LogP contribution < -0.4 is 10.5 Å². The second-order valence-corrected chi connectivity index (χ2v) is 7.23. The maximum atomic E-state index is 12.9. The molecule has 0 spiro atoms. The van der Waals surface area contributed by atoms with Gasteiger partial charge in [0.15, 0.2) is 0 Å². The fraction of sp³-hybridized carbons (Fsp3) is 0.0588. The van der Waals surface area contributed by atoms with Crippen LogP contribution in [0.1, 0.15) is 15.9 Å². The maximum absolute atomic E-state index is 12.9. The van der Waals surface area contributed by atoms with Crippen molar-refractivity contribution in [1.82, 2.24) is 9.19 Å². The van der Waals surface area contributed by atoms with Crippen molar-refractivity contribution in [3.05, 3.63) is 71.5 Å². The van der Waals surface area contributed by atoms with Crippen LogP contribution in [0.25, 0.3) is 0 Å². The summed E-state index contributed by atoms with van der Waals surface area (Å²) >= 11 is 0. The number of carbonyl (C=O) groups is 1. The van der Waals surface area contributed by atoms with Crippen LogP contribution in [0, 0.1) is 12.7 Å². The highest BCUT2D eigenvalue weighted by atomic mass is 32.2. The zero-order valence-electron chi connectivity index (χ0n) is 13.6. The minimum Gasteiger partial charge on any atom is -0.402 e. The molecule has 0 aliphatic carbocycles. The van der Waals surface area contributed by atoms with E-state index in [0.29, 0.717) is 4.09 Å². The van der Waals surface area contributed by atoms with E-state index < -0.39 is 21.8 Å². The fourth-order valence-corrected chi connectivity index (χ4v) is 3.35. The average molecular weight is 375 g/mol. The van der Waals surface area contributed by atoms with Crippen LogP contribution in [0.4, 0.5) is 10.2 Å². The van der Waals surface area contributed by atoms with E-state index in [1.165, 1.54) is 24.3 Å². The molecule has 1 aromatic heterocycles. The molecule has 0 aliphatic rings. The molecule has 0 fully saturated rings. The largest absolute Gasteiger partial charge is 0.402 e. The minimum atomic E-state index is -4.03. The average Bonchev–Trinajstić information content (AvgIpc) is 2.97. The number of hydrogen-bond acceptors (Lipinski definition) is 6. The van der Waals surface area contributed by atoms with Crippen LogP contribution in [0.2, 0.25) is 0 Å². The Balaban J connectivity index is 1.88. The number of hydrogen-bond donors (Lipinski definition) is 1. The molecule has 26 heavy (non-hydrogen) atoms. The second-order valence-electron chi connectivity index (χ2n) is 5.46. The monoisotopic (exact) mass is 375 g/mol. The maximum Gasteiger partial charge on any atom is 0.344 e. The molecule has 2 N–H and O–H groups in total. The summed E-state index contributed by atoms with van der Waals surface area (Å²) in [5.74, 6) is -1.82. The van der Waals surface area contributed by atoms with Crippen molar-refractivity contribution in [2.45, 2.75) is 11.8 Å². The van der Waals surface area contributed by atoms with Gasteiger partial charge in [-0.25, -0.2) is 9.18 Å². The lowest BCUT2D eigenvalue weighted by Gasteiger charge is -2.06. The first-order chi connectivity index (χ1) is 12.3. The number of benzene rings is 2. The smallest absolute Gasteiger partial charge is 0.344 e. The Kier molecular flexibility index (Phi) is 4.47. The van der Waals surface area contributed by atoms with Gasteiger partial charge in [0.25, 0.3) is 10.0 Å². The molecule has 0 aliphatic heterocycles. The summed E-state index contributed by atoms with van der Waals surface area (Å²) in [5.41, 5.74) is 6.69. The van der Waals surface area contributed by atoms with Crippen molar-refractivity contribution in [3.63, 3.8) is 0 Å². The van der Waals surface area contributed by atoms with Crippen molar-refractivity contribution in [3.8, 4) is 5.88 Å². The first-order valence-electron chi connectivity index (χ1n) is 7.43. The Hall–Kier alpha value is -3.20. The van der Waals surface area contributed by atoms with Gasteiger partial charge in [0.05, 0.1) is 10.5 Å². The highest BCUT2D eigenvalue weighted by Gasteiger charge is 2.23. The van der Waals surface area contributed by atoms with Crippen LogP contribution in [0.3, 0.4) is 0 Å². The lowest BCUT2D eigenvalue weighted by atomic mass is 10.2. The normalized spacial score (nSPS) is 11.3. The molecule has 0 atom stereocenters. The van der Waals surface area contributed by atoms with Gasteiger partial charge in [0.2, 0.25) is 5.88 Å². The summed E-state index contributed by atoms with van der Waals surface area (Å²) in [5, 5.41) is 3.75. The molecule has 9 heteroatoms. The van der Waals surface area contributed by atoms with E-state index in [0.717, 1.165) is 23.8 Å². The molecule has 0 radical (unpaired) electrons. The molecule has 1 heterocycles. The van der Waals surface area contributed by atoms with Crippen LogP contribution >= 0.6 is 0 Å². The van der Waals surface area contributed by atoms with E-state index >= 15 is 0 Å². The number of nitrogen functional groups attached to an aromatic ring is 1. The van der Waals surface area contributed by atoms with Gasteiger partial charge in [0, 0.05) is 6.07 Å². The number of halogens is 1. The van der Waals surface area contributed by atoms with Crippen molar-refractivity contribution < 1.29 is 22.3 Å². The van der Waals surface area contributed by atoms with Gasteiger partial charge in [-0.1, -0.05) is 17.7 Å². The van der Waals surface area contributed by atoms with E-state index in [2.05, 4.69) is 5.10 Å². The van der Waals surface area contributed by atoms with Gasteiger partial charge in [-0.15, -0.1) is 9.19 Å². The number of aromatic nitrogens is 2. The van der Waals surface area contributed by atoms with Crippen molar-refractivity contribution >= 4 is 21.8 Å². The molecule has 3 aromatic rings. The quantitative estimate of drug-likeness (QED) is 0.702. The molecule has 0 amide bonds. The number of carbonyl (C=O) groups excluding carboxylic acids is 1. The van der Waals surface area contributed by atoms with E-state index in [1.807, 2.05) is 6.92 Å². The number of ether oxygens (including phenoxy) is 1. The Labute approximate surface area is 148 Å². The highest BCUT2D eigenvalue weighted by Crippen LogP contribution is 2.22. The zero-order chi connectivity index (χ0) is 18.9. The topological polar surface area (TPSA) is 104 Å². The number of aryl methyl sites for hydroxylation is 1. The molecule has 2 aromatic carbocycles. The van der Waals surface area contributed by atoms with Gasteiger partial charge >= 0.3 is 5.97 Å². The molecule has 3 rings (SSSR count). The van der Waals surface area contributed by atoms with Crippen LogP contribution in [-0.2, 0) is 10.0 Å². The summed E-state index contributed by atoms with van der Waals surface area (Å²) in [6.07, 6.45) is 0. The number of nitrogens with zero attached hydrogens (tertiary/aromatic N) is 2. The van der Waals surface area contributed by atoms with Crippen LogP contribution in [0.5, 0.6) is 5.88 Å². The third-order valence-electron chi connectivity index (χ3n) is 3.51. The summed E-state index contributed by atoms with van der Waals surface area (Å²) in [4.78, 5) is 12.0. The second kappa shape index (κ2) is 6.60. The molecular formula is C17H14FN3O4S. The van der Waals surface area contributed by atoms with E-state index in [1.54, 1.807) is 12.1 Å². The molecule has 0 bridgehead atoms. The first-order valence-corrected chi connectivity index (χ1v) is 8.87. The SMILES string of the molecule is Cc1ccc(S(=O)(=O)n2nc(OC(=O)c3ccc(F)cc3)cc2N)cc1.